The van der Waals surface area contributed by atoms with Crippen LogP contribution in [0.4, 0.5) is 11.4 Å². The summed E-state index contributed by atoms with van der Waals surface area (Å²) >= 11 is 0. The lowest BCUT2D eigenvalue weighted by molar-refractivity contribution is -0.0282. The number of carbonyl (C=O) groups is 1. The van der Waals surface area contributed by atoms with Gasteiger partial charge in [0.1, 0.15) is 6.17 Å². The Bertz CT molecular complexity index is 818. The number of benzene rings is 1. The first kappa shape index (κ1) is 15.9. The number of carbonyl (C=O) groups excluding carboxylic acids is 1. The minimum absolute atomic E-state index is 0.00941. The molecule has 1 aliphatic carbocycles. The maximum Gasteiger partial charge on any atom is 0.265 e. The Morgan fingerprint density at radius 3 is 2.84 bits per heavy atom. The minimum atomic E-state index is -1.01. The molecule has 3 aliphatic rings. The van der Waals surface area contributed by atoms with Crippen LogP contribution in [-0.2, 0) is 0 Å². The molecule has 2 heterocycles. The van der Waals surface area contributed by atoms with Gasteiger partial charge < -0.3 is 14.9 Å². The molecule has 3 atom stereocenters. The van der Waals surface area contributed by atoms with Crippen LogP contribution in [0.2, 0.25) is 0 Å². The first-order valence-electron chi connectivity index (χ1n) is 8.34. The fourth-order valence-electron chi connectivity index (χ4n) is 4.29. The molecule has 25 heavy (non-hydrogen) atoms. The molecular formula is C19H22N4O2. The average molecular weight is 338 g/mol. The van der Waals surface area contributed by atoms with E-state index in [9.17, 15) is 9.90 Å². The molecule has 1 aromatic rings. The van der Waals surface area contributed by atoms with E-state index in [-0.39, 0.29) is 12.1 Å². The van der Waals surface area contributed by atoms with Gasteiger partial charge in [0.25, 0.3) is 5.91 Å². The number of fused-ring (bicyclic) bond motifs is 5. The quantitative estimate of drug-likeness (QED) is 0.337. The third-order valence-corrected chi connectivity index (χ3v) is 5.73. The van der Waals surface area contributed by atoms with E-state index in [1.807, 2.05) is 30.4 Å². The lowest BCUT2D eigenvalue weighted by atomic mass is 9.65. The Labute approximate surface area is 146 Å². The van der Waals surface area contributed by atoms with E-state index in [0.717, 1.165) is 18.0 Å². The molecular weight excluding hydrogens is 316 g/mol. The highest BCUT2D eigenvalue weighted by molar-refractivity contribution is 5.97. The zero-order valence-electron chi connectivity index (χ0n) is 14.1. The number of hydrazine groups is 1. The Hall–Kier alpha value is -2.57. The number of allylic oxidation sites excluding steroid dienone is 2. The zero-order valence-corrected chi connectivity index (χ0v) is 14.1. The van der Waals surface area contributed by atoms with Crippen LogP contribution in [0.1, 0.15) is 23.7 Å². The van der Waals surface area contributed by atoms with Gasteiger partial charge in [0.05, 0.1) is 29.1 Å². The van der Waals surface area contributed by atoms with E-state index in [4.69, 9.17) is 5.84 Å². The van der Waals surface area contributed by atoms with Gasteiger partial charge in [-0.2, -0.15) is 0 Å². The molecule has 4 rings (SSSR count). The van der Waals surface area contributed by atoms with Gasteiger partial charge in [-0.1, -0.05) is 30.4 Å². The standard InChI is InChI=1S/C19H22N4O2/c1-3-8-19(25)10-5-4-9-18(19,2)17-22-12-23(17)15-11-13(16(24)21-20)6-7-14(15)22/h3-7,9-11,17,25H,1,8,12,20H2,2H3,(H,21,24). The number of nitrogens with zero attached hydrogens (tertiary/aromatic N) is 2. The number of anilines is 2. The SMILES string of the molecule is C=CCC1(O)C=CC=CC1(C)C1N2CN1c1cc(C(=O)NN)ccc12. The maximum atomic E-state index is 11.8. The van der Waals surface area contributed by atoms with Gasteiger partial charge >= 0.3 is 0 Å². The van der Waals surface area contributed by atoms with Crippen molar-refractivity contribution >= 4 is 17.3 Å². The second-order valence-corrected chi connectivity index (χ2v) is 7.05. The maximum absolute atomic E-state index is 11.8. The zero-order chi connectivity index (χ0) is 17.8. The van der Waals surface area contributed by atoms with Crippen molar-refractivity contribution in [3.05, 3.63) is 60.7 Å². The monoisotopic (exact) mass is 338 g/mol. The molecule has 130 valence electrons. The highest BCUT2D eigenvalue weighted by Crippen LogP contribution is 2.56. The predicted octanol–water partition coefficient (Wildman–Crippen LogP) is 1.65. The van der Waals surface area contributed by atoms with E-state index >= 15 is 0 Å². The van der Waals surface area contributed by atoms with Crippen molar-refractivity contribution in [1.29, 1.82) is 0 Å². The van der Waals surface area contributed by atoms with Crippen LogP contribution in [0, 0.1) is 5.41 Å². The van der Waals surface area contributed by atoms with Crippen LogP contribution in [-0.4, -0.2) is 29.4 Å². The highest BCUT2D eigenvalue weighted by atomic mass is 16.3. The second kappa shape index (κ2) is 5.21. The van der Waals surface area contributed by atoms with Crippen LogP contribution in [0.3, 0.4) is 0 Å². The summed E-state index contributed by atoms with van der Waals surface area (Å²) in [6.45, 7) is 6.62. The van der Waals surface area contributed by atoms with Gasteiger partial charge in [0, 0.05) is 5.56 Å². The Kier molecular flexibility index (Phi) is 3.32. The molecule has 6 heteroatoms. The fourth-order valence-corrected chi connectivity index (χ4v) is 4.29. The van der Waals surface area contributed by atoms with E-state index in [1.54, 1.807) is 12.1 Å². The van der Waals surface area contributed by atoms with Crippen molar-refractivity contribution in [3.63, 3.8) is 0 Å². The second-order valence-electron chi connectivity index (χ2n) is 7.05. The third-order valence-electron chi connectivity index (χ3n) is 5.73. The number of nitrogens with one attached hydrogen (secondary N) is 1. The molecule has 0 spiro atoms. The molecule has 4 N–H and O–H groups in total. The van der Waals surface area contributed by atoms with Crippen molar-refractivity contribution in [2.45, 2.75) is 25.1 Å². The first-order valence-corrected chi connectivity index (χ1v) is 8.34. The first-order chi connectivity index (χ1) is 11.9. The fraction of sp³-hybridized carbons (Fsp3) is 0.316. The van der Waals surface area contributed by atoms with Gasteiger partial charge in [-0.25, -0.2) is 5.84 Å². The summed E-state index contributed by atoms with van der Waals surface area (Å²) < 4.78 is 0. The summed E-state index contributed by atoms with van der Waals surface area (Å²) in [5, 5.41) is 11.3. The van der Waals surface area contributed by atoms with E-state index in [2.05, 4.69) is 34.8 Å². The Balaban J connectivity index is 1.72. The molecule has 3 unspecified atom stereocenters. The largest absolute Gasteiger partial charge is 0.384 e. The lowest BCUT2D eigenvalue weighted by Gasteiger charge is -2.57. The minimum Gasteiger partial charge on any atom is -0.384 e. The van der Waals surface area contributed by atoms with E-state index in [0.29, 0.717) is 12.0 Å². The van der Waals surface area contributed by atoms with Crippen LogP contribution in [0.15, 0.2) is 55.2 Å². The molecule has 1 fully saturated rings. The van der Waals surface area contributed by atoms with Crippen molar-refractivity contribution in [2.75, 3.05) is 16.5 Å². The molecule has 0 aromatic heterocycles. The molecule has 1 aromatic carbocycles. The number of rotatable bonds is 4. The predicted molar refractivity (Wildman–Crippen MR) is 97.9 cm³/mol. The normalized spacial score (nSPS) is 31.6. The molecule has 0 radical (unpaired) electrons. The summed E-state index contributed by atoms with van der Waals surface area (Å²) in [5.41, 5.74) is 3.25. The number of amides is 1. The van der Waals surface area contributed by atoms with Crippen molar-refractivity contribution in [3.8, 4) is 0 Å². The third kappa shape index (κ3) is 1.95. The summed E-state index contributed by atoms with van der Waals surface area (Å²) in [4.78, 5) is 16.3. The summed E-state index contributed by atoms with van der Waals surface area (Å²) in [6.07, 6.45) is 10.0. The summed E-state index contributed by atoms with van der Waals surface area (Å²) in [7, 11) is 0. The topological polar surface area (TPSA) is 81.8 Å². The van der Waals surface area contributed by atoms with Crippen LogP contribution >= 0.6 is 0 Å². The van der Waals surface area contributed by atoms with Gasteiger partial charge in [-0.05, 0) is 31.5 Å². The van der Waals surface area contributed by atoms with Gasteiger partial charge in [-0.15, -0.1) is 6.58 Å². The van der Waals surface area contributed by atoms with Gasteiger partial charge in [0.15, 0.2) is 0 Å². The van der Waals surface area contributed by atoms with Gasteiger partial charge in [0.2, 0.25) is 0 Å². The van der Waals surface area contributed by atoms with E-state index in [1.165, 1.54) is 0 Å². The smallest absolute Gasteiger partial charge is 0.265 e. The van der Waals surface area contributed by atoms with Crippen molar-refractivity contribution < 1.29 is 9.90 Å². The number of aliphatic hydroxyl groups is 1. The molecule has 0 saturated carbocycles. The molecule has 6 nitrogen and oxygen atoms in total. The average Bonchev–Trinajstić information content (AvgIpc) is 3.10. The number of hydrogen-bond donors (Lipinski definition) is 3. The number of nitrogens with two attached hydrogens (primary N) is 1. The molecule has 2 bridgehead atoms. The Morgan fingerprint density at radius 2 is 2.12 bits per heavy atom. The lowest BCUT2D eigenvalue weighted by Crippen LogP contribution is -2.71. The molecule has 1 amide bonds. The molecule has 2 aliphatic heterocycles. The molecule has 1 saturated heterocycles. The van der Waals surface area contributed by atoms with Gasteiger partial charge in [-0.3, -0.25) is 10.2 Å². The van der Waals surface area contributed by atoms with Crippen LogP contribution in [0.25, 0.3) is 0 Å². The summed E-state index contributed by atoms with van der Waals surface area (Å²) in [6, 6.07) is 5.57. The number of hydrogen-bond acceptors (Lipinski definition) is 5. The van der Waals surface area contributed by atoms with Crippen LogP contribution in [0.5, 0.6) is 0 Å². The van der Waals surface area contributed by atoms with Crippen molar-refractivity contribution in [2.24, 2.45) is 11.3 Å². The highest BCUT2D eigenvalue weighted by Gasteiger charge is 2.60. The van der Waals surface area contributed by atoms with E-state index < -0.39 is 11.0 Å². The summed E-state index contributed by atoms with van der Waals surface area (Å²) in [5.74, 6) is 4.94. The van der Waals surface area contributed by atoms with Crippen LogP contribution < -0.4 is 21.1 Å². The van der Waals surface area contributed by atoms with Crippen molar-refractivity contribution in [1.82, 2.24) is 5.43 Å². The Morgan fingerprint density at radius 1 is 1.40 bits per heavy atom. The number of nitrogen functional groups attached to an aromatic ring is 1.